The number of aromatic nitrogens is 2. The molecule has 0 saturated heterocycles. The molecule has 0 saturated carbocycles. The van der Waals surface area contributed by atoms with Crippen molar-refractivity contribution in [2.75, 3.05) is 0 Å². The highest BCUT2D eigenvalue weighted by Crippen LogP contribution is 2.08. The van der Waals surface area contributed by atoms with Gasteiger partial charge >= 0.3 is 11.4 Å². The number of aryl methyl sites for hydroxylation is 1. The van der Waals surface area contributed by atoms with Gasteiger partial charge in [-0.25, -0.2) is 0 Å². The summed E-state index contributed by atoms with van der Waals surface area (Å²) in [7, 11) is 1.30. The molecule has 1 N–H and O–H groups in total. The summed E-state index contributed by atoms with van der Waals surface area (Å²) in [6.07, 6.45) is 0. The highest BCUT2D eigenvalue weighted by Gasteiger charge is 2.20. The van der Waals surface area contributed by atoms with Gasteiger partial charge in [0.2, 0.25) is 5.56 Å². The summed E-state index contributed by atoms with van der Waals surface area (Å²) in [5, 5.41) is 20.7. The molecule has 1 aromatic heterocycles. The summed E-state index contributed by atoms with van der Waals surface area (Å²) >= 11 is 0. The van der Waals surface area contributed by atoms with Crippen LogP contribution in [0.15, 0.2) is 4.79 Å². The lowest BCUT2D eigenvalue weighted by Gasteiger charge is -1.86. The summed E-state index contributed by atoms with van der Waals surface area (Å²) in [4.78, 5) is 20.3. The van der Waals surface area contributed by atoms with Gasteiger partial charge in [-0.2, -0.15) is 15.0 Å². The number of nitrogens with one attached hydrogen (secondary N) is 1. The molecule has 1 heterocycles. The average Bonchev–Trinajstić information content (AvgIpc) is 2.29. The van der Waals surface area contributed by atoms with Crippen molar-refractivity contribution in [1.82, 2.24) is 9.78 Å². The zero-order valence-corrected chi connectivity index (χ0v) is 6.07. The van der Waals surface area contributed by atoms with Crippen LogP contribution in [0.3, 0.4) is 0 Å². The zero-order chi connectivity index (χ0) is 9.30. The Balaban J connectivity index is 3.53. The number of hydrogen-bond acceptors (Lipinski definition) is 4. The second kappa shape index (κ2) is 2.50. The highest BCUT2D eigenvalue weighted by atomic mass is 16.6. The lowest BCUT2D eigenvalue weighted by Crippen LogP contribution is -2.13. The first-order valence-electron chi connectivity index (χ1n) is 2.91. The molecule has 7 nitrogen and oxygen atoms in total. The minimum atomic E-state index is -0.806. The molecule has 62 valence electrons. The highest BCUT2D eigenvalue weighted by molar-refractivity contribution is 5.40. The number of nitriles is 1. The second-order valence-electron chi connectivity index (χ2n) is 2.07. The van der Waals surface area contributed by atoms with Gasteiger partial charge in [0.15, 0.2) is 0 Å². The second-order valence-corrected chi connectivity index (χ2v) is 2.07. The van der Waals surface area contributed by atoms with E-state index < -0.39 is 21.9 Å². The van der Waals surface area contributed by atoms with E-state index in [2.05, 4.69) is 5.10 Å². The third kappa shape index (κ3) is 0.950. The van der Waals surface area contributed by atoms with Gasteiger partial charge < -0.3 is 10.1 Å². The summed E-state index contributed by atoms with van der Waals surface area (Å²) in [6, 6.07) is 1.46. The summed E-state index contributed by atoms with van der Waals surface area (Å²) < 4.78 is 0.886. The van der Waals surface area contributed by atoms with Gasteiger partial charge in [0.1, 0.15) is 6.07 Å². The molecule has 0 spiro atoms. The SMILES string of the molecule is Cn1[nH]c([N+](=O)[O-])c(C#N)c1=O. The Morgan fingerprint density at radius 1 is 1.75 bits per heavy atom. The van der Waals surface area contributed by atoms with Crippen molar-refractivity contribution in [1.29, 1.82) is 5.26 Å². The topological polar surface area (TPSA) is 105 Å². The van der Waals surface area contributed by atoms with Crippen LogP contribution in [0.25, 0.3) is 0 Å². The average molecular weight is 168 g/mol. The van der Waals surface area contributed by atoms with Crippen molar-refractivity contribution in [3.8, 4) is 6.07 Å². The van der Waals surface area contributed by atoms with E-state index in [9.17, 15) is 14.9 Å². The van der Waals surface area contributed by atoms with Crippen LogP contribution < -0.4 is 5.56 Å². The minimum Gasteiger partial charge on any atom is -0.358 e. The molecule has 12 heavy (non-hydrogen) atoms. The normalized spacial score (nSPS) is 9.33. The van der Waals surface area contributed by atoms with Gasteiger partial charge in [-0.1, -0.05) is 0 Å². The van der Waals surface area contributed by atoms with E-state index in [1.54, 1.807) is 0 Å². The predicted octanol–water partition coefficient (Wildman–Crippen LogP) is -0.507. The first kappa shape index (κ1) is 8.00. The maximum absolute atomic E-state index is 10.9. The van der Waals surface area contributed by atoms with Crippen molar-refractivity contribution in [3.63, 3.8) is 0 Å². The van der Waals surface area contributed by atoms with E-state index in [0.717, 1.165) is 4.68 Å². The van der Waals surface area contributed by atoms with E-state index in [0.29, 0.717) is 0 Å². The number of hydrogen-bond donors (Lipinski definition) is 1. The Bertz CT molecular complexity index is 421. The fraction of sp³-hybridized carbons (Fsp3) is 0.200. The monoisotopic (exact) mass is 168 g/mol. The first-order valence-corrected chi connectivity index (χ1v) is 2.91. The Morgan fingerprint density at radius 3 is 2.67 bits per heavy atom. The van der Waals surface area contributed by atoms with Crippen LogP contribution >= 0.6 is 0 Å². The number of rotatable bonds is 1. The molecule has 0 aliphatic heterocycles. The maximum atomic E-state index is 10.9. The van der Waals surface area contributed by atoms with E-state index in [1.165, 1.54) is 13.1 Å². The molecule has 0 atom stereocenters. The third-order valence-corrected chi connectivity index (χ3v) is 1.32. The van der Waals surface area contributed by atoms with Crippen LogP contribution in [0.4, 0.5) is 5.82 Å². The fourth-order valence-corrected chi connectivity index (χ4v) is 0.767. The van der Waals surface area contributed by atoms with Gasteiger partial charge in [-0.05, 0) is 4.92 Å². The largest absolute Gasteiger partial charge is 0.363 e. The van der Waals surface area contributed by atoms with Crippen LogP contribution in [0.1, 0.15) is 5.56 Å². The standard InChI is InChI=1S/C5H4N4O3/c1-8-5(10)3(2-6)4(7-8)9(11)12/h7H,1H3. The van der Waals surface area contributed by atoms with E-state index >= 15 is 0 Å². The van der Waals surface area contributed by atoms with Gasteiger partial charge in [0, 0.05) is 0 Å². The number of nitrogens with zero attached hydrogens (tertiary/aromatic N) is 3. The van der Waals surface area contributed by atoms with E-state index in [-0.39, 0.29) is 0 Å². The van der Waals surface area contributed by atoms with Gasteiger partial charge in [0.05, 0.1) is 7.05 Å². The van der Waals surface area contributed by atoms with Crippen molar-refractivity contribution >= 4 is 5.82 Å². The predicted molar refractivity (Wildman–Crippen MR) is 37.4 cm³/mol. The van der Waals surface area contributed by atoms with Gasteiger partial charge in [-0.15, -0.1) is 0 Å². The zero-order valence-electron chi connectivity index (χ0n) is 6.07. The fourth-order valence-electron chi connectivity index (χ4n) is 0.767. The number of nitro groups is 1. The van der Waals surface area contributed by atoms with E-state index in [4.69, 9.17) is 5.26 Å². The van der Waals surface area contributed by atoms with Crippen molar-refractivity contribution in [2.45, 2.75) is 0 Å². The van der Waals surface area contributed by atoms with Crippen molar-refractivity contribution in [3.05, 3.63) is 26.0 Å². The van der Waals surface area contributed by atoms with Crippen LogP contribution in [-0.4, -0.2) is 14.7 Å². The molecule has 7 heteroatoms. The molecule has 0 amide bonds. The summed E-state index contributed by atoms with van der Waals surface area (Å²) in [5.74, 6) is -0.565. The molecule has 0 aliphatic carbocycles. The summed E-state index contributed by atoms with van der Waals surface area (Å²) in [5.41, 5.74) is -1.16. The Morgan fingerprint density at radius 2 is 2.33 bits per heavy atom. The molecule has 0 aliphatic rings. The first-order chi connectivity index (χ1) is 5.57. The molecule has 1 rings (SSSR count). The molecular formula is C5H4N4O3. The third-order valence-electron chi connectivity index (χ3n) is 1.32. The molecule has 0 radical (unpaired) electrons. The molecule has 0 unspecified atom stereocenters. The Hall–Kier alpha value is -2.10. The van der Waals surface area contributed by atoms with E-state index in [1.807, 2.05) is 0 Å². The minimum absolute atomic E-state index is 0.470. The smallest absolute Gasteiger partial charge is 0.358 e. The van der Waals surface area contributed by atoms with Crippen LogP contribution in [0, 0.1) is 21.4 Å². The maximum Gasteiger partial charge on any atom is 0.363 e. The lowest BCUT2D eigenvalue weighted by molar-refractivity contribution is -0.390. The van der Waals surface area contributed by atoms with Crippen molar-refractivity contribution < 1.29 is 4.92 Å². The molecule has 1 aromatic rings. The quantitative estimate of drug-likeness (QED) is 0.450. The molecular weight excluding hydrogens is 164 g/mol. The van der Waals surface area contributed by atoms with Gasteiger partial charge in [0.25, 0.3) is 0 Å². The van der Waals surface area contributed by atoms with Crippen LogP contribution in [-0.2, 0) is 7.05 Å². The summed E-state index contributed by atoms with van der Waals surface area (Å²) in [6.45, 7) is 0. The van der Waals surface area contributed by atoms with Crippen LogP contribution in [0.2, 0.25) is 0 Å². The lowest BCUT2D eigenvalue weighted by atomic mass is 10.4. The van der Waals surface area contributed by atoms with Crippen molar-refractivity contribution in [2.24, 2.45) is 7.05 Å². The number of aromatic amines is 1. The molecule has 0 bridgehead atoms. The Kier molecular flexibility index (Phi) is 1.67. The van der Waals surface area contributed by atoms with Gasteiger partial charge in [-0.3, -0.25) is 4.79 Å². The number of H-pyrrole nitrogens is 1. The molecule has 0 fully saturated rings. The van der Waals surface area contributed by atoms with Crippen LogP contribution in [0.5, 0.6) is 0 Å². The molecule has 0 aromatic carbocycles. The Labute approximate surface area is 66.0 Å².